The van der Waals surface area contributed by atoms with Crippen LogP contribution >= 0.6 is 0 Å². The first-order valence-corrected chi connectivity index (χ1v) is 6.81. The van der Waals surface area contributed by atoms with E-state index in [-0.39, 0.29) is 22.6 Å². The Labute approximate surface area is 125 Å². The molecule has 3 rings (SSSR count). The summed E-state index contributed by atoms with van der Waals surface area (Å²) in [5.41, 5.74) is 0.884. The molecule has 0 saturated carbocycles. The van der Waals surface area contributed by atoms with E-state index >= 15 is 0 Å². The Morgan fingerprint density at radius 2 is 2.23 bits per heavy atom. The van der Waals surface area contributed by atoms with Crippen LogP contribution in [0.15, 0.2) is 39.9 Å². The molecule has 0 spiro atoms. The second-order valence-corrected chi connectivity index (χ2v) is 4.77. The number of pyridine rings is 1. The van der Waals surface area contributed by atoms with Gasteiger partial charge in [-0.3, -0.25) is 14.6 Å². The van der Waals surface area contributed by atoms with Gasteiger partial charge in [0.25, 0.3) is 11.5 Å². The van der Waals surface area contributed by atoms with Gasteiger partial charge in [-0.25, -0.2) is 4.98 Å². The van der Waals surface area contributed by atoms with Crippen LogP contribution in [-0.4, -0.2) is 27.4 Å². The van der Waals surface area contributed by atoms with E-state index in [0.29, 0.717) is 18.7 Å². The number of hydrogen-bond donors (Lipinski definition) is 2. The van der Waals surface area contributed by atoms with E-state index in [1.807, 2.05) is 18.2 Å². The molecule has 7 nitrogen and oxygen atoms in total. The number of furan rings is 1. The Morgan fingerprint density at radius 1 is 1.36 bits per heavy atom. The van der Waals surface area contributed by atoms with Gasteiger partial charge in [0.2, 0.25) is 5.71 Å². The number of nitrogens with one attached hydrogen (secondary N) is 2. The van der Waals surface area contributed by atoms with E-state index in [1.54, 1.807) is 13.1 Å². The van der Waals surface area contributed by atoms with Gasteiger partial charge in [0, 0.05) is 24.9 Å². The largest absolute Gasteiger partial charge is 0.442 e. The van der Waals surface area contributed by atoms with Crippen LogP contribution in [0.2, 0.25) is 0 Å². The lowest BCUT2D eigenvalue weighted by Gasteiger charge is -2.04. The Kier molecular flexibility index (Phi) is 3.69. The first-order chi connectivity index (χ1) is 10.7. The third kappa shape index (κ3) is 2.60. The molecule has 3 aromatic heterocycles. The number of aromatic amines is 1. The molecule has 3 aromatic rings. The van der Waals surface area contributed by atoms with Gasteiger partial charge in [0.05, 0.1) is 11.9 Å². The van der Waals surface area contributed by atoms with Gasteiger partial charge in [-0.15, -0.1) is 0 Å². The van der Waals surface area contributed by atoms with Crippen molar-refractivity contribution in [1.29, 1.82) is 0 Å². The van der Waals surface area contributed by atoms with Crippen LogP contribution in [0, 0.1) is 6.92 Å². The van der Waals surface area contributed by atoms with Crippen molar-refractivity contribution in [2.24, 2.45) is 0 Å². The Morgan fingerprint density at radius 3 is 3.00 bits per heavy atom. The molecule has 0 aliphatic carbocycles. The van der Waals surface area contributed by atoms with Gasteiger partial charge in [0.15, 0.2) is 0 Å². The minimum absolute atomic E-state index is 0.163. The average molecular weight is 298 g/mol. The lowest BCUT2D eigenvalue weighted by atomic mass is 10.1. The molecular weight excluding hydrogens is 284 g/mol. The number of carbonyl (C=O) groups excluding carboxylic acids is 1. The second kappa shape index (κ2) is 5.80. The summed E-state index contributed by atoms with van der Waals surface area (Å²) in [5, 5.41) is 2.95. The molecule has 3 heterocycles. The van der Waals surface area contributed by atoms with Crippen molar-refractivity contribution in [3.8, 4) is 0 Å². The molecule has 0 fully saturated rings. The summed E-state index contributed by atoms with van der Waals surface area (Å²) < 4.78 is 5.36. The van der Waals surface area contributed by atoms with Crippen LogP contribution in [0.3, 0.4) is 0 Å². The molecule has 0 bridgehead atoms. The summed E-state index contributed by atoms with van der Waals surface area (Å²) in [5.74, 6) is 0.0141. The van der Waals surface area contributed by atoms with Crippen molar-refractivity contribution in [3.05, 3.63) is 58.1 Å². The molecule has 0 aliphatic rings. The normalized spacial score (nSPS) is 10.8. The van der Waals surface area contributed by atoms with Crippen LogP contribution in [0.1, 0.15) is 21.8 Å². The van der Waals surface area contributed by atoms with Crippen LogP contribution in [0.5, 0.6) is 0 Å². The number of fused-ring (bicyclic) bond motifs is 1. The molecule has 0 saturated heterocycles. The van der Waals surface area contributed by atoms with Crippen molar-refractivity contribution in [2.75, 3.05) is 6.54 Å². The molecule has 2 N–H and O–H groups in total. The second-order valence-electron chi connectivity index (χ2n) is 4.77. The molecule has 7 heteroatoms. The van der Waals surface area contributed by atoms with Crippen LogP contribution in [0.4, 0.5) is 0 Å². The van der Waals surface area contributed by atoms with E-state index < -0.39 is 5.56 Å². The smallest absolute Gasteiger partial charge is 0.262 e. The van der Waals surface area contributed by atoms with Crippen LogP contribution < -0.4 is 10.9 Å². The van der Waals surface area contributed by atoms with E-state index in [9.17, 15) is 9.59 Å². The van der Waals surface area contributed by atoms with Gasteiger partial charge >= 0.3 is 0 Å². The number of aryl methyl sites for hydroxylation is 1. The minimum Gasteiger partial charge on any atom is -0.442 e. The fraction of sp³-hybridized carbons (Fsp3) is 0.200. The van der Waals surface area contributed by atoms with Crippen molar-refractivity contribution >= 4 is 17.0 Å². The standard InChI is InChI=1S/C15H14N4O3/c1-9-11(12-14(21)18-8-19-15(12)22-9)13(20)17-7-5-10-4-2-3-6-16-10/h2-4,6,8H,5,7H2,1H3,(H,17,20)(H,18,19,21). The number of rotatable bonds is 4. The zero-order valence-corrected chi connectivity index (χ0v) is 11.9. The number of carbonyl (C=O) groups is 1. The highest BCUT2D eigenvalue weighted by Gasteiger charge is 2.21. The first kappa shape index (κ1) is 14.0. The number of amides is 1. The maximum absolute atomic E-state index is 12.3. The minimum atomic E-state index is -0.392. The third-order valence-corrected chi connectivity index (χ3v) is 3.29. The Bertz CT molecular complexity index is 867. The first-order valence-electron chi connectivity index (χ1n) is 6.81. The van der Waals surface area contributed by atoms with E-state index in [0.717, 1.165) is 5.69 Å². The van der Waals surface area contributed by atoms with Gasteiger partial charge in [0.1, 0.15) is 11.1 Å². The van der Waals surface area contributed by atoms with Crippen LogP contribution in [0.25, 0.3) is 11.1 Å². The summed E-state index contributed by atoms with van der Waals surface area (Å²) in [4.78, 5) is 34.7. The zero-order chi connectivity index (χ0) is 15.5. The van der Waals surface area contributed by atoms with Gasteiger partial charge < -0.3 is 14.7 Å². The Hall–Kier alpha value is -2.96. The average Bonchev–Trinajstić information content (AvgIpc) is 2.86. The summed E-state index contributed by atoms with van der Waals surface area (Å²) in [6.07, 6.45) is 3.56. The molecule has 112 valence electrons. The summed E-state index contributed by atoms with van der Waals surface area (Å²) in [6, 6.07) is 5.62. The molecule has 22 heavy (non-hydrogen) atoms. The maximum Gasteiger partial charge on any atom is 0.262 e. The molecule has 0 aromatic carbocycles. The van der Waals surface area contributed by atoms with E-state index in [4.69, 9.17) is 4.42 Å². The number of hydrogen-bond acceptors (Lipinski definition) is 5. The highest BCUT2D eigenvalue weighted by atomic mass is 16.3. The molecular formula is C15H14N4O3. The topological polar surface area (TPSA) is 101 Å². The molecule has 0 atom stereocenters. The Balaban J connectivity index is 1.78. The van der Waals surface area contributed by atoms with E-state index in [2.05, 4.69) is 20.3 Å². The molecule has 1 amide bonds. The fourth-order valence-electron chi connectivity index (χ4n) is 2.27. The number of nitrogens with zero attached hydrogens (tertiary/aromatic N) is 2. The lowest BCUT2D eigenvalue weighted by molar-refractivity contribution is 0.0954. The summed E-state index contributed by atoms with van der Waals surface area (Å²) in [6.45, 7) is 2.05. The predicted molar refractivity (Wildman–Crippen MR) is 79.6 cm³/mol. The highest BCUT2D eigenvalue weighted by Crippen LogP contribution is 2.20. The summed E-state index contributed by atoms with van der Waals surface area (Å²) >= 11 is 0. The van der Waals surface area contributed by atoms with E-state index in [1.165, 1.54) is 6.33 Å². The number of aromatic nitrogens is 3. The van der Waals surface area contributed by atoms with Crippen molar-refractivity contribution in [2.45, 2.75) is 13.3 Å². The van der Waals surface area contributed by atoms with Gasteiger partial charge in [-0.1, -0.05) is 6.07 Å². The lowest BCUT2D eigenvalue weighted by Crippen LogP contribution is -2.27. The molecule has 0 unspecified atom stereocenters. The molecule has 0 radical (unpaired) electrons. The monoisotopic (exact) mass is 298 g/mol. The van der Waals surface area contributed by atoms with Crippen molar-refractivity contribution in [3.63, 3.8) is 0 Å². The predicted octanol–water partition coefficient (Wildman–Crippen LogP) is 1.19. The van der Waals surface area contributed by atoms with Crippen LogP contribution in [-0.2, 0) is 6.42 Å². The zero-order valence-electron chi connectivity index (χ0n) is 11.9. The highest BCUT2D eigenvalue weighted by molar-refractivity contribution is 6.06. The third-order valence-electron chi connectivity index (χ3n) is 3.29. The SMILES string of the molecule is Cc1oc2nc[nH]c(=O)c2c1C(=O)NCCc1ccccn1. The van der Waals surface area contributed by atoms with Crippen molar-refractivity contribution in [1.82, 2.24) is 20.3 Å². The van der Waals surface area contributed by atoms with Gasteiger partial charge in [-0.05, 0) is 19.1 Å². The fourth-order valence-corrected chi connectivity index (χ4v) is 2.27. The number of H-pyrrole nitrogens is 1. The molecule has 0 aliphatic heterocycles. The summed E-state index contributed by atoms with van der Waals surface area (Å²) in [7, 11) is 0. The van der Waals surface area contributed by atoms with Gasteiger partial charge in [-0.2, -0.15) is 0 Å². The van der Waals surface area contributed by atoms with Crippen molar-refractivity contribution < 1.29 is 9.21 Å². The maximum atomic E-state index is 12.3. The quantitative estimate of drug-likeness (QED) is 0.753.